The van der Waals surface area contributed by atoms with Crippen LogP contribution in [0.15, 0.2) is 51.4 Å². The van der Waals surface area contributed by atoms with Crippen molar-refractivity contribution in [3.8, 4) is 5.69 Å². The van der Waals surface area contributed by atoms with Gasteiger partial charge in [0, 0.05) is 5.02 Å². The van der Waals surface area contributed by atoms with Crippen LogP contribution in [-0.4, -0.2) is 20.9 Å². The zero-order valence-corrected chi connectivity index (χ0v) is 15.8. The summed E-state index contributed by atoms with van der Waals surface area (Å²) in [6.07, 6.45) is 0. The van der Waals surface area contributed by atoms with Crippen LogP contribution in [0.3, 0.4) is 0 Å². The lowest BCUT2D eigenvalue weighted by atomic mass is 10.2. The summed E-state index contributed by atoms with van der Waals surface area (Å²) < 4.78 is 0.987. The van der Waals surface area contributed by atoms with E-state index in [9.17, 15) is 14.7 Å². The van der Waals surface area contributed by atoms with E-state index in [2.05, 4.69) is 15.3 Å². The first-order valence-corrected chi connectivity index (χ1v) is 8.56. The lowest BCUT2D eigenvalue weighted by Gasteiger charge is -2.07. The van der Waals surface area contributed by atoms with Crippen molar-refractivity contribution >= 4 is 40.5 Å². The molecule has 0 amide bonds. The van der Waals surface area contributed by atoms with E-state index in [1.807, 2.05) is 19.1 Å². The minimum absolute atomic E-state index is 0.219. The fourth-order valence-corrected chi connectivity index (χ4v) is 2.83. The number of azo groups is 1. The van der Waals surface area contributed by atoms with E-state index in [1.54, 1.807) is 25.1 Å². The summed E-state index contributed by atoms with van der Waals surface area (Å²) in [6.45, 7) is 3.68. The Morgan fingerprint density at radius 2 is 1.74 bits per heavy atom. The highest BCUT2D eigenvalue weighted by molar-refractivity contribution is 6.35. The van der Waals surface area contributed by atoms with E-state index in [0.717, 1.165) is 15.8 Å². The van der Waals surface area contributed by atoms with Crippen LogP contribution in [-0.2, 0) is 0 Å². The fourth-order valence-electron chi connectivity index (χ4n) is 2.37. The van der Waals surface area contributed by atoms with Crippen molar-refractivity contribution in [1.29, 1.82) is 0 Å². The number of nitrogens with zero attached hydrogens (tertiary/aromatic N) is 3. The number of hydrogen-bond acceptors (Lipinski definition) is 4. The third kappa shape index (κ3) is 3.79. The van der Waals surface area contributed by atoms with Crippen LogP contribution in [0.5, 0.6) is 0 Å². The molecule has 1 heterocycles. The summed E-state index contributed by atoms with van der Waals surface area (Å²) in [7, 11) is 0. The number of aromatic nitrogens is 2. The van der Waals surface area contributed by atoms with Gasteiger partial charge in [-0.2, -0.15) is 5.11 Å². The predicted octanol–water partition coefficient (Wildman–Crippen LogP) is 5.20. The first-order valence-electron chi connectivity index (χ1n) is 7.80. The van der Waals surface area contributed by atoms with E-state index >= 15 is 0 Å². The topological polar surface area (TPSA) is 99.8 Å². The molecule has 2 aromatic carbocycles. The molecule has 0 spiro atoms. The predicted molar refractivity (Wildman–Crippen MR) is 103 cm³/mol. The van der Waals surface area contributed by atoms with Crippen molar-refractivity contribution in [2.75, 3.05) is 0 Å². The summed E-state index contributed by atoms with van der Waals surface area (Å²) in [5.41, 5.74) is 1.03. The van der Waals surface area contributed by atoms with Crippen LogP contribution >= 0.6 is 23.2 Å². The van der Waals surface area contributed by atoms with Gasteiger partial charge < -0.3 is 5.11 Å². The van der Waals surface area contributed by atoms with Gasteiger partial charge in [0.15, 0.2) is 11.4 Å². The average molecular weight is 405 g/mol. The molecule has 0 bridgehead atoms. The normalized spacial score (nSPS) is 11.3. The molecule has 0 aliphatic rings. The van der Waals surface area contributed by atoms with Gasteiger partial charge in [0.2, 0.25) is 0 Å². The molecular weight excluding hydrogens is 391 g/mol. The molecule has 2 N–H and O–H groups in total. The van der Waals surface area contributed by atoms with Crippen molar-refractivity contribution < 1.29 is 9.90 Å². The Hall–Kier alpha value is -2.90. The molecule has 0 atom stereocenters. The largest absolute Gasteiger partial charge is 0.476 e. The van der Waals surface area contributed by atoms with Gasteiger partial charge in [-0.3, -0.25) is 9.89 Å². The Kier molecular flexibility index (Phi) is 5.16. The minimum atomic E-state index is -1.35. The third-order valence-electron chi connectivity index (χ3n) is 3.85. The molecular formula is C18H14Cl2N4O3. The SMILES string of the molecule is Cc1ccc(N=Nc2c(C(=O)O)[nH]n(-c3cc(Cl)c(C)cc3Cl)c2=O)cc1. The highest BCUT2D eigenvalue weighted by Crippen LogP contribution is 2.28. The standard InChI is InChI=1S/C18H14Cl2N4O3/c1-9-3-5-11(6-4-9)21-22-15-16(18(26)27)23-24(17(15)25)14-8-12(19)10(2)7-13(14)20/h3-8,23H,1-2H3,(H,26,27). The minimum Gasteiger partial charge on any atom is -0.476 e. The summed E-state index contributed by atoms with van der Waals surface area (Å²) in [6, 6.07) is 10.1. The van der Waals surface area contributed by atoms with Crippen LogP contribution in [0.25, 0.3) is 5.69 Å². The number of aromatic carboxylic acids is 1. The molecule has 138 valence electrons. The molecule has 9 heteroatoms. The quantitative estimate of drug-likeness (QED) is 0.584. The Morgan fingerprint density at radius 3 is 2.37 bits per heavy atom. The molecule has 0 aliphatic carbocycles. The van der Waals surface area contributed by atoms with Crippen molar-refractivity contribution in [2.24, 2.45) is 10.2 Å². The molecule has 3 aromatic rings. The first kappa shape index (κ1) is 18.9. The highest BCUT2D eigenvalue weighted by atomic mass is 35.5. The Labute approximate surface area is 163 Å². The van der Waals surface area contributed by atoms with E-state index in [-0.39, 0.29) is 16.4 Å². The number of rotatable bonds is 4. The van der Waals surface area contributed by atoms with Crippen molar-refractivity contribution in [3.63, 3.8) is 0 Å². The van der Waals surface area contributed by atoms with Gasteiger partial charge in [0.25, 0.3) is 5.56 Å². The number of aromatic amines is 1. The molecule has 1 aromatic heterocycles. The van der Waals surface area contributed by atoms with Crippen LogP contribution in [0, 0.1) is 13.8 Å². The van der Waals surface area contributed by atoms with Crippen LogP contribution in [0.2, 0.25) is 10.0 Å². The summed E-state index contributed by atoms with van der Waals surface area (Å²) in [4.78, 5) is 24.3. The fraction of sp³-hybridized carbons (Fsp3) is 0.111. The van der Waals surface area contributed by atoms with Crippen LogP contribution < -0.4 is 5.56 Å². The summed E-state index contributed by atoms with van der Waals surface area (Å²) >= 11 is 12.3. The first-order chi connectivity index (χ1) is 12.8. The second kappa shape index (κ2) is 7.38. The molecule has 0 saturated carbocycles. The van der Waals surface area contributed by atoms with Gasteiger partial charge in [-0.1, -0.05) is 40.9 Å². The Balaban J connectivity index is 2.13. The lowest BCUT2D eigenvalue weighted by Crippen LogP contribution is -2.14. The van der Waals surface area contributed by atoms with E-state index in [1.165, 1.54) is 6.07 Å². The molecule has 0 radical (unpaired) electrons. The maximum atomic E-state index is 12.7. The highest BCUT2D eigenvalue weighted by Gasteiger charge is 2.22. The van der Waals surface area contributed by atoms with E-state index < -0.39 is 17.2 Å². The lowest BCUT2D eigenvalue weighted by molar-refractivity contribution is 0.0691. The van der Waals surface area contributed by atoms with Gasteiger partial charge in [-0.15, -0.1) is 5.11 Å². The van der Waals surface area contributed by atoms with Crippen LogP contribution in [0.1, 0.15) is 21.6 Å². The number of hydrogen-bond donors (Lipinski definition) is 2. The molecule has 3 rings (SSSR count). The number of benzene rings is 2. The molecule has 7 nitrogen and oxygen atoms in total. The second-order valence-corrected chi connectivity index (χ2v) is 6.68. The summed E-state index contributed by atoms with van der Waals surface area (Å²) in [5, 5.41) is 20.3. The van der Waals surface area contributed by atoms with Gasteiger partial charge >= 0.3 is 5.97 Å². The summed E-state index contributed by atoms with van der Waals surface area (Å²) in [5.74, 6) is -1.35. The number of carboxylic acids is 1. The van der Waals surface area contributed by atoms with E-state index in [0.29, 0.717) is 10.7 Å². The number of carboxylic acid groups (broad SMARTS) is 1. The zero-order valence-electron chi connectivity index (χ0n) is 14.3. The Morgan fingerprint density at radius 1 is 1.07 bits per heavy atom. The molecule has 27 heavy (non-hydrogen) atoms. The van der Waals surface area contributed by atoms with Gasteiger partial charge in [-0.05, 0) is 43.7 Å². The maximum Gasteiger partial charge on any atom is 0.356 e. The molecule has 0 aliphatic heterocycles. The van der Waals surface area contributed by atoms with Crippen molar-refractivity contribution in [2.45, 2.75) is 13.8 Å². The average Bonchev–Trinajstić information content (AvgIpc) is 2.94. The zero-order chi connectivity index (χ0) is 19.7. The number of carbonyl (C=O) groups is 1. The van der Waals surface area contributed by atoms with Crippen LogP contribution in [0.4, 0.5) is 11.4 Å². The van der Waals surface area contributed by atoms with Gasteiger partial charge in [0.05, 0.1) is 16.4 Å². The van der Waals surface area contributed by atoms with E-state index in [4.69, 9.17) is 23.2 Å². The van der Waals surface area contributed by atoms with Crippen molar-refractivity contribution in [3.05, 3.63) is 73.6 Å². The number of nitrogens with one attached hydrogen (secondary N) is 1. The molecule has 0 fully saturated rings. The van der Waals surface area contributed by atoms with Gasteiger partial charge in [-0.25, -0.2) is 9.48 Å². The van der Waals surface area contributed by atoms with Crippen molar-refractivity contribution in [1.82, 2.24) is 9.78 Å². The number of aryl methyl sites for hydroxylation is 2. The number of halogens is 2. The smallest absolute Gasteiger partial charge is 0.356 e. The third-order valence-corrected chi connectivity index (χ3v) is 4.56. The van der Waals surface area contributed by atoms with Gasteiger partial charge in [0.1, 0.15) is 0 Å². The number of H-pyrrole nitrogens is 1. The maximum absolute atomic E-state index is 12.7. The second-order valence-electron chi connectivity index (χ2n) is 5.87. The Bertz CT molecular complexity index is 1110. The monoisotopic (exact) mass is 404 g/mol. The molecule has 0 saturated heterocycles. The molecule has 0 unspecified atom stereocenters.